The van der Waals surface area contributed by atoms with Gasteiger partial charge < -0.3 is 20.5 Å². The molecule has 6 nitrogen and oxygen atoms in total. The second-order valence-electron chi connectivity index (χ2n) is 3.88. The van der Waals surface area contributed by atoms with Gasteiger partial charge in [0.25, 0.3) is 0 Å². The number of ether oxygens (including phenoxy) is 1. The highest BCUT2D eigenvalue weighted by Gasteiger charge is 2.11. The standard InChI is InChI=1S/C12H15FN2O4/c1-7(19-2)6-14-12(18)15-10-5-8(11(16)17)3-4-9(10)13/h3-5,7H,6H2,1-2H3,(H,16,17)(H2,14,15,18). The molecule has 0 saturated heterocycles. The quantitative estimate of drug-likeness (QED) is 0.759. The summed E-state index contributed by atoms with van der Waals surface area (Å²) in [5.41, 5.74) is -0.301. The highest BCUT2D eigenvalue weighted by Crippen LogP contribution is 2.16. The molecule has 7 heteroatoms. The van der Waals surface area contributed by atoms with Crippen molar-refractivity contribution in [2.24, 2.45) is 0 Å². The third kappa shape index (κ3) is 4.55. The Morgan fingerprint density at radius 2 is 2.16 bits per heavy atom. The summed E-state index contributed by atoms with van der Waals surface area (Å²) >= 11 is 0. The summed E-state index contributed by atoms with van der Waals surface area (Å²) in [6, 6.07) is 2.52. The number of hydrogen-bond donors (Lipinski definition) is 3. The maximum absolute atomic E-state index is 13.4. The second-order valence-corrected chi connectivity index (χ2v) is 3.88. The predicted octanol–water partition coefficient (Wildman–Crippen LogP) is 1.68. The van der Waals surface area contributed by atoms with Crippen LogP contribution < -0.4 is 10.6 Å². The molecular weight excluding hydrogens is 255 g/mol. The molecule has 1 atom stereocenters. The summed E-state index contributed by atoms with van der Waals surface area (Å²) in [6.07, 6.45) is -0.180. The van der Waals surface area contributed by atoms with Gasteiger partial charge in [0.2, 0.25) is 0 Å². The minimum atomic E-state index is -1.20. The predicted molar refractivity (Wildman–Crippen MR) is 66.9 cm³/mol. The van der Waals surface area contributed by atoms with E-state index in [-0.39, 0.29) is 23.9 Å². The third-order valence-corrected chi connectivity index (χ3v) is 2.41. The molecule has 0 radical (unpaired) electrons. The van der Waals surface area contributed by atoms with E-state index in [9.17, 15) is 14.0 Å². The Morgan fingerprint density at radius 1 is 1.47 bits per heavy atom. The Hall–Kier alpha value is -2.15. The van der Waals surface area contributed by atoms with Crippen LogP contribution in [-0.4, -0.2) is 36.9 Å². The van der Waals surface area contributed by atoms with Gasteiger partial charge in [0.05, 0.1) is 17.4 Å². The molecule has 0 aliphatic heterocycles. The zero-order valence-electron chi connectivity index (χ0n) is 10.6. The molecule has 1 aromatic carbocycles. The number of amides is 2. The molecule has 0 aromatic heterocycles. The van der Waals surface area contributed by atoms with Crippen molar-refractivity contribution in [2.75, 3.05) is 19.0 Å². The molecule has 0 fully saturated rings. The van der Waals surface area contributed by atoms with E-state index < -0.39 is 17.8 Å². The van der Waals surface area contributed by atoms with Gasteiger partial charge in [0.15, 0.2) is 0 Å². The molecule has 1 aromatic rings. The molecule has 0 bridgehead atoms. The third-order valence-electron chi connectivity index (χ3n) is 2.41. The van der Waals surface area contributed by atoms with Crippen LogP contribution in [0.15, 0.2) is 18.2 Å². The van der Waals surface area contributed by atoms with Crippen molar-refractivity contribution in [2.45, 2.75) is 13.0 Å². The number of hydrogen-bond acceptors (Lipinski definition) is 3. The van der Waals surface area contributed by atoms with Gasteiger partial charge in [-0.25, -0.2) is 14.0 Å². The molecule has 0 saturated carbocycles. The number of aromatic carboxylic acids is 1. The fraction of sp³-hybridized carbons (Fsp3) is 0.333. The lowest BCUT2D eigenvalue weighted by Gasteiger charge is -2.12. The Kier molecular flexibility index (Phi) is 5.25. The SMILES string of the molecule is COC(C)CNC(=O)Nc1cc(C(=O)O)ccc1F. The number of halogens is 1. The molecule has 0 spiro atoms. The average Bonchev–Trinajstić information content (AvgIpc) is 2.38. The van der Waals surface area contributed by atoms with Crippen LogP contribution in [0.25, 0.3) is 0 Å². The van der Waals surface area contributed by atoms with Crippen molar-refractivity contribution in [1.82, 2.24) is 5.32 Å². The molecule has 0 heterocycles. The van der Waals surface area contributed by atoms with Gasteiger partial charge in [-0.3, -0.25) is 0 Å². The molecule has 1 unspecified atom stereocenters. The molecule has 0 aliphatic rings. The van der Waals surface area contributed by atoms with Crippen LogP contribution in [0.3, 0.4) is 0 Å². The van der Waals surface area contributed by atoms with E-state index in [2.05, 4.69) is 10.6 Å². The van der Waals surface area contributed by atoms with Crippen molar-refractivity contribution < 1.29 is 23.8 Å². The van der Waals surface area contributed by atoms with Crippen LogP contribution in [0.4, 0.5) is 14.9 Å². The van der Waals surface area contributed by atoms with Gasteiger partial charge in [-0.1, -0.05) is 0 Å². The van der Waals surface area contributed by atoms with E-state index >= 15 is 0 Å². The van der Waals surface area contributed by atoms with Gasteiger partial charge in [0, 0.05) is 13.7 Å². The lowest BCUT2D eigenvalue weighted by molar-refractivity contribution is 0.0697. The number of carboxylic acid groups (broad SMARTS) is 1. The van der Waals surface area contributed by atoms with Gasteiger partial charge in [-0.2, -0.15) is 0 Å². The van der Waals surface area contributed by atoms with Gasteiger partial charge in [-0.05, 0) is 25.1 Å². The number of methoxy groups -OCH3 is 1. The van der Waals surface area contributed by atoms with Crippen molar-refractivity contribution in [1.29, 1.82) is 0 Å². The van der Waals surface area contributed by atoms with E-state index in [1.165, 1.54) is 7.11 Å². The van der Waals surface area contributed by atoms with Crippen molar-refractivity contribution >= 4 is 17.7 Å². The topological polar surface area (TPSA) is 87.7 Å². The van der Waals surface area contributed by atoms with Gasteiger partial charge >= 0.3 is 12.0 Å². The Morgan fingerprint density at radius 3 is 2.74 bits per heavy atom. The minimum absolute atomic E-state index is 0.109. The zero-order chi connectivity index (χ0) is 14.4. The Balaban J connectivity index is 2.68. The molecular formula is C12H15FN2O4. The van der Waals surface area contributed by atoms with E-state index in [0.717, 1.165) is 18.2 Å². The minimum Gasteiger partial charge on any atom is -0.478 e. The normalized spacial score (nSPS) is 11.7. The summed E-state index contributed by atoms with van der Waals surface area (Å²) < 4.78 is 18.3. The number of urea groups is 1. The average molecular weight is 270 g/mol. The highest BCUT2D eigenvalue weighted by molar-refractivity contribution is 5.93. The highest BCUT2D eigenvalue weighted by atomic mass is 19.1. The van der Waals surface area contributed by atoms with Crippen LogP contribution in [0, 0.1) is 5.82 Å². The lowest BCUT2D eigenvalue weighted by Crippen LogP contribution is -2.35. The molecule has 1 rings (SSSR count). The zero-order valence-corrected chi connectivity index (χ0v) is 10.6. The maximum Gasteiger partial charge on any atom is 0.335 e. The van der Waals surface area contributed by atoms with E-state index in [1.807, 2.05) is 0 Å². The van der Waals surface area contributed by atoms with Gasteiger partial charge in [0.1, 0.15) is 5.82 Å². The van der Waals surface area contributed by atoms with Crippen LogP contribution in [0.5, 0.6) is 0 Å². The smallest absolute Gasteiger partial charge is 0.335 e. The first-order valence-electron chi connectivity index (χ1n) is 5.54. The first kappa shape index (κ1) is 14.9. The first-order valence-corrected chi connectivity index (χ1v) is 5.54. The Labute approximate surface area is 109 Å². The summed E-state index contributed by atoms with van der Waals surface area (Å²) in [7, 11) is 1.50. The number of carbonyl (C=O) groups excluding carboxylic acids is 1. The number of carboxylic acids is 1. The van der Waals surface area contributed by atoms with Gasteiger partial charge in [-0.15, -0.1) is 0 Å². The Bertz CT molecular complexity index is 479. The van der Waals surface area contributed by atoms with E-state index in [0.29, 0.717) is 0 Å². The van der Waals surface area contributed by atoms with Crippen LogP contribution in [-0.2, 0) is 4.74 Å². The molecule has 0 aliphatic carbocycles. The lowest BCUT2D eigenvalue weighted by atomic mass is 10.2. The van der Waals surface area contributed by atoms with Crippen molar-refractivity contribution in [3.05, 3.63) is 29.6 Å². The molecule has 2 amide bonds. The van der Waals surface area contributed by atoms with E-state index in [4.69, 9.17) is 9.84 Å². The van der Waals surface area contributed by atoms with Crippen LogP contribution >= 0.6 is 0 Å². The summed E-state index contributed by atoms with van der Waals surface area (Å²) in [6.45, 7) is 2.01. The van der Waals surface area contributed by atoms with Crippen LogP contribution in [0.2, 0.25) is 0 Å². The maximum atomic E-state index is 13.4. The first-order chi connectivity index (χ1) is 8.93. The number of carbonyl (C=O) groups is 2. The monoisotopic (exact) mass is 270 g/mol. The largest absolute Gasteiger partial charge is 0.478 e. The van der Waals surface area contributed by atoms with Crippen molar-refractivity contribution in [3.8, 4) is 0 Å². The number of nitrogens with one attached hydrogen (secondary N) is 2. The number of rotatable bonds is 5. The summed E-state index contributed by atoms with van der Waals surface area (Å²) in [5.74, 6) is -1.91. The number of anilines is 1. The van der Waals surface area contributed by atoms with Crippen LogP contribution in [0.1, 0.15) is 17.3 Å². The second kappa shape index (κ2) is 6.69. The summed E-state index contributed by atoms with van der Waals surface area (Å²) in [4.78, 5) is 22.2. The van der Waals surface area contributed by atoms with E-state index in [1.54, 1.807) is 6.92 Å². The number of benzene rings is 1. The fourth-order valence-corrected chi connectivity index (χ4v) is 1.24. The molecule has 104 valence electrons. The molecule has 3 N–H and O–H groups in total. The molecule has 19 heavy (non-hydrogen) atoms. The van der Waals surface area contributed by atoms with Crippen molar-refractivity contribution in [3.63, 3.8) is 0 Å². The summed E-state index contributed by atoms with van der Waals surface area (Å²) in [5, 5.41) is 13.5. The fourth-order valence-electron chi connectivity index (χ4n) is 1.24.